The maximum Gasteiger partial charge on any atom is 0.226 e. The molecule has 2 aromatic carbocycles. The number of methoxy groups -OCH3 is 1. The van der Waals surface area contributed by atoms with E-state index in [0.717, 1.165) is 28.2 Å². The van der Waals surface area contributed by atoms with Crippen LogP contribution in [-0.4, -0.2) is 18.0 Å². The van der Waals surface area contributed by atoms with Crippen LogP contribution in [-0.2, 0) is 17.6 Å². The van der Waals surface area contributed by atoms with Crippen LogP contribution >= 0.6 is 11.3 Å². The lowest BCUT2D eigenvalue weighted by Crippen LogP contribution is -2.11. The second kappa shape index (κ2) is 8.97. The van der Waals surface area contributed by atoms with Gasteiger partial charge in [-0.3, -0.25) is 4.79 Å². The van der Waals surface area contributed by atoms with Gasteiger partial charge in [-0.2, -0.15) is 5.26 Å². The van der Waals surface area contributed by atoms with Crippen LogP contribution in [0.15, 0.2) is 54.7 Å². The van der Waals surface area contributed by atoms with Crippen LogP contribution in [0.25, 0.3) is 0 Å². The number of amides is 1. The monoisotopic (exact) mass is 377 g/mol. The van der Waals surface area contributed by atoms with Crippen LogP contribution in [0.4, 0.5) is 5.13 Å². The van der Waals surface area contributed by atoms with Crippen LogP contribution in [0.5, 0.6) is 5.75 Å². The first-order chi connectivity index (χ1) is 13.2. The quantitative estimate of drug-likeness (QED) is 0.670. The highest BCUT2D eigenvalue weighted by molar-refractivity contribution is 7.15. The largest absolute Gasteiger partial charge is 0.497 e. The summed E-state index contributed by atoms with van der Waals surface area (Å²) in [6, 6.07) is 17.3. The smallest absolute Gasteiger partial charge is 0.226 e. The molecule has 0 bridgehead atoms. The highest BCUT2D eigenvalue weighted by atomic mass is 32.1. The average molecular weight is 377 g/mol. The summed E-state index contributed by atoms with van der Waals surface area (Å²) in [5.41, 5.74) is 2.84. The Hall–Kier alpha value is -3.17. The predicted molar refractivity (Wildman–Crippen MR) is 106 cm³/mol. The molecule has 3 aromatic rings. The molecule has 0 spiro atoms. The van der Waals surface area contributed by atoms with Gasteiger partial charge in [-0.25, -0.2) is 4.98 Å². The topological polar surface area (TPSA) is 75.0 Å². The molecule has 0 fully saturated rings. The Bertz CT molecular complexity index is 941. The number of carbonyl (C=O) groups is 1. The van der Waals surface area contributed by atoms with E-state index in [-0.39, 0.29) is 5.91 Å². The van der Waals surface area contributed by atoms with Crippen molar-refractivity contribution in [2.24, 2.45) is 0 Å². The molecule has 1 amide bonds. The van der Waals surface area contributed by atoms with E-state index in [1.807, 2.05) is 36.4 Å². The van der Waals surface area contributed by atoms with Crippen molar-refractivity contribution in [1.29, 1.82) is 5.26 Å². The molecule has 0 aliphatic carbocycles. The third-order valence-electron chi connectivity index (χ3n) is 4.06. The van der Waals surface area contributed by atoms with Crippen molar-refractivity contribution in [3.63, 3.8) is 0 Å². The number of nitrogens with zero attached hydrogens (tertiary/aromatic N) is 2. The number of carbonyl (C=O) groups excluding carboxylic acids is 1. The number of rotatable bonds is 7. The molecule has 1 N–H and O–H groups in total. The summed E-state index contributed by atoms with van der Waals surface area (Å²) in [7, 11) is 1.63. The first-order valence-electron chi connectivity index (χ1n) is 8.53. The van der Waals surface area contributed by atoms with Gasteiger partial charge in [0.05, 0.1) is 18.7 Å². The van der Waals surface area contributed by atoms with E-state index in [1.165, 1.54) is 11.3 Å². The number of nitrogens with one attached hydrogen (secondary N) is 1. The van der Waals surface area contributed by atoms with Gasteiger partial charge in [0.2, 0.25) is 5.91 Å². The Morgan fingerprint density at radius 1 is 1.15 bits per heavy atom. The SMILES string of the molecule is COc1ccc(CCC(=O)Nc2ncc(Cc3ccc(C#N)cc3)s2)cc1. The molecular formula is C21H19N3O2S. The summed E-state index contributed by atoms with van der Waals surface area (Å²) in [6.07, 6.45) is 3.57. The van der Waals surface area contributed by atoms with E-state index in [0.29, 0.717) is 23.5 Å². The van der Waals surface area contributed by atoms with Gasteiger partial charge in [-0.15, -0.1) is 11.3 Å². The van der Waals surface area contributed by atoms with Crippen LogP contribution in [0, 0.1) is 11.3 Å². The van der Waals surface area contributed by atoms with E-state index in [9.17, 15) is 4.79 Å². The number of nitriles is 1. The van der Waals surface area contributed by atoms with Gasteiger partial charge in [-0.1, -0.05) is 24.3 Å². The van der Waals surface area contributed by atoms with Crippen molar-refractivity contribution < 1.29 is 9.53 Å². The minimum atomic E-state index is -0.0508. The zero-order valence-electron chi connectivity index (χ0n) is 14.9. The maximum atomic E-state index is 12.1. The average Bonchev–Trinajstić information content (AvgIpc) is 3.14. The molecule has 0 saturated carbocycles. The Kier molecular flexibility index (Phi) is 6.18. The molecular weight excluding hydrogens is 358 g/mol. The third-order valence-corrected chi connectivity index (χ3v) is 4.97. The van der Waals surface area contributed by atoms with Crippen molar-refractivity contribution in [2.75, 3.05) is 12.4 Å². The first-order valence-corrected chi connectivity index (χ1v) is 9.34. The number of anilines is 1. The molecule has 5 nitrogen and oxygen atoms in total. The summed E-state index contributed by atoms with van der Waals surface area (Å²) in [6.45, 7) is 0. The summed E-state index contributed by atoms with van der Waals surface area (Å²) >= 11 is 1.47. The molecule has 27 heavy (non-hydrogen) atoms. The van der Waals surface area contributed by atoms with E-state index < -0.39 is 0 Å². The van der Waals surface area contributed by atoms with Crippen molar-refractivity contribution in [1.82, 2.24) is 4.98 Å². The molecule has 0 aliphatic heterocycles. The van der Waals surface area contributed by atoms with Crippen molar-refractivity contribution in [2.45, 2.75) is 19.3 Å². The molecule has 136 valence electrons. The van der Waals surface area contributed by atoms with Gasteiger partial charge in [-0.05, 0) is 41.8 Å². The van der Waals surface area contributed by atoms with Gasteiger partial charge < -0.3 is 10.1 Å². The zero-order valence-corrected chi connectivity index (χ0v) is 15.8. The molecule has 0 aliphatic rings. The molecule has 1 aromatic heterocycles. The molecule has 1 heterocycles. The maximum absolute atomic E-state index is 12.1. The molecule has 0 atom stereocenters. The van der Waals surface area contributed by atoms with E-state index >= 15 is 0 Å². The summed E-state index contributed by atoms with van der Waals surface area (Å²) in [4.78, 5) is 17.5. The van der Waals surface area contributed by atoms with E-state index in [2.05, 4.69) is 16.4 Å². The lowest BCUT2D eigenvalue weighted by Gasteiger charge is -2.04. The van der Waals surface area contributed by atoms with Gasteiger partial charge >= 0.3 is 0 Å². The number of aryl methyl sites for hydroxylation is 1. The van der Waals surface area contributed by atoms with Crippen LogP contribution in [0.1, 0.15) is 28.0 Å². The van der Waals surface area contributed by atoms with Crippen molar-refractivity contribution in [3.8, 4) is 11.8 Å². The van der Waals surface area contributed by atoms with Gasteiger partial charge in [0.15, 0.2) is 5.13 Å². The van der Waals surface area contributed by atoms with Crippen LogP contribution in [0.2, 0.25) is 0 Å². The first kappa shape index (κ1) is 18.6. The molecule has 0 unspecified atom stereocenters. The fraction of sp³-hybridized carbons (Fsp3) is 0.190. The number of ether oxygens (including phenoxy) is 1. The minimum Gasteiger partial charge on any atom is -0.497 e. The lowest BCUT2D eigenvalue weighted by atomic mass is 10.1. The fourth-order valence-electron chi connectivity index (χ4n) is 2.58. The zero-order chi connectivity index (χ0) is 19.1. The number of hydrogen-bond acceptors (Lipinski definition) is 5. The lowest BCUT2D eigenvalue weighted by molar-refractivity contribution is -0.116. The summed E-state index contributed by atoms with van der Waals surface area (Å²) < 4.78 is 5.13. The molecule has 0 saturated heterocycles. The highest BCUT2D eigenvalue weighted by Gasteiger charge is 2.08. The van der Waals surface area contributed by atoms with Gasteiger partial charge in [0.25, 0.3) is 0 Å². The van der Waals surface area contributed by atoms with Crippen molar-refractivity contribution >= 4 is 22.4 Å². The summed E-state index contributed by atoms with van der Waals surface area (Å²) in [5, 5.41) is 12.3. The predicted octanol–water partition coefficient (Wildman–Crippen LogP) is 4.19. The Labute approximate surface area is 162 Å². The number of aromatic nitrogens is 1. The molecule has 6 heteroatoms. The molecule has 0 radical (unpaired) electrons. The number of thiazole rings is 1. The fourth-order valence-corrected chi connectivity index (χ4v) is 3.44. The Balaban J connectivity index is 1.50. The Morgan fingerprint density at radius 2 is 1.85 bits per heavy atom. The van der Waals surface area contributed by atoms with E-state index in [4.69, 9.17) is 10.00 Å². The summed E-state index contributed by atoms with van der Waals surface area (Å²) in [5.74, 6) is 0.755. The van der Waals surface area contributed by atoms with Crippen LogP contribution in [0.3, 0.4) is 0 Å². The third kappa shape index (κ3) is 5.40. The van der Waals surface area contributed by atoms with Crippen LogP contribution < -0.4 is 10.1 Å². The minimum absolute atomic E-state index is 0.0508. The highest BCUT2D eigenvalue weighted by Crippen LogP contribution is 2.22. The second-order valence-electron chi connectivity index (χ2n) is 6.01. The number of benzene rings is 2. The standard InChI is InChI=1S/C21H19N3O2S/c1-26-18-9-6-15(7-10-18)8-11-20(25)24-21-23-14-19(27-21)12-16-2-4-17(13-22)5-3-16/h2-7,9-10,14H,8,11-12H2,1H3,(H,23,24,25). The van der Waals surface area contributed by atoms with E-state index in [1.54, 1.807) is 25.4 Å². The van der Waals surface area contributed by atoms with Crippen molar-refractivity contribution in [3.05, 3.63) is 76.3 Å². The van der Waals surface area contributed by atoms with Gasteiger partial charge in [0.1, 0.15) is 5.75 Å². The normalized spacial score (nSPS) is 10.2. The number of hydrogen-bond donors (Lipinski definition) is 1. The second-order valence-corrected chi connectivity index (χ2v) is 7.13. The van der Waals surface area contributed by atoms with Gasteiger partial charge in [0, 0.05) is 23.9 Å². The molecule has 3 rings (SSSR count). The Morgan fingerprint density at radius 3 is 2.52 bits per heavy atom.